The van der Waals surface area contributed by atoms with E-state index in [-0.39, 0.29) is 0 Å². The van der Waals surface area contributed by atoms with Gasteiger partial charge in [-0.25, -0.2) is 9.97 Å². The Bertz CT molecular complexity index is 2990. The summed E-state index contributed by atoms with van der Waals surface area (Å²) in [4.78, 5) is 11.1. The Balaban J connectivity index is 1.28. The second-order valence-electron chi connectivity index (χ2n) is 14.0. The van der Waals surface area contributed by atoms with Gasteiger partial charge in [-0.3, -0.25) is 0 Å². The highest BCUT2D eigenvalue weighted by Gasteiger charge is 2.46. The van der Waals surface area contributed by atoms with E-state index in [0.29, 0.717) is 0 Å². The lowest BCUT2D eigenvalue weighted by molar-refractivity contribution is 0.769. The number of aromatic nitrogens is 2. The zero-order valence-electron chi connectivity index (χ0n) is 29.3. The van der Waals surface area contributed by atoms with Gasteiger partial charge in [0.05, 0.1) is 21.3 Å². The lowest BCUT2D eigenvalue weighted by atomic mass is 9.67. The van der Waals surface area contributed by atoms with Crippen LogP contribution in [0, 0.1) is 0 Å². The molecule has 0 fully saturated rings. The second kappa shape index (κ2) is 12.2. The van der Waals surface area contributed by atoms with Crippen molar-refractivity contribution in [2.45, 2.75) is 5.41 Å². The van der Waals surface area contributed by atoms with Crippen molar-refractivity contribution in [3.63, 3.8) is 0 Å². The molecule has 8 aromatic carbocycles. The van der Waals surface area contributed by atoms with Crippen LogP contribution in [0.4, 0.5) is 0 Å². The molecule has 0 spiro atoms. The first kappa shape index (κ1) is 30.9. The number of fused-ring (bicyclic) bond motifs is 7. The standard InChI is InChI=1S/C51H32N2S/c1-4-17-34(18-5-1)41-32-45-42(38-26-12-14-29-44(38)51(45,35-21-6-2-7-22-35)36-23-8-3-9-24-36)31-43(41)50-52-47(39-28-16-20-33-19-10-11-25-37(33)39)49-48(53-50)40-27-13-15-30-46(40)54-49/h1-32H. The minimum atomic E-state index is -0.515. The van der Waals surface area contributed by atoms with Crippen LogP contribution in [0.5, 0.6) is 0 Å². The monoisotopic (exact) mass is 704 g/mol. The molecule has 2 aromatic heterocycles. The molecule has 11 rings (SSSR count). The van der Waals surface area contributed by atoms with Gasteiger partial charge in [0.15, 0.2) is 5.82 Å². The quantitative estimate of drug-likeness (QED) is 0.178. The normalized spacial score (nSPS) is 13.0. The fourth-order valence-corrected chi connectivity index (χ4v) is 10.0. The Morgan fingerprint density at radius 1 is 0.407 bits per heavy atom. The van der Waals surface area contributed by atoms with Crippen molar-refractivity contribution in [2.24, 2.45) is 0 Å². The smallest absolute Gasteiger partial charge is 0.161 e. The molecule has 2 heterocycles. The molecule has 0 N–H and O–H groups in total. The van der Waals surface area contributed by atoms with E-state index in [1.54, 1.807) is 11.3 Å². The number of benzene rings is 8. The molecule has 0 atom stereocenters. The number of thiophene rings is 1. The van der Waals surface area contributed by atoms with Crippen LogP contribution < -0.4 is 0 Å². The summed E-state index contributed by atoms with van der Waals surface area (Å²) in [5.41, 5.74) is 13.3. The first-order valence-electron chi connectivity index (χ1n) is 18.4. The summed E-state index contributed by atoms with van der Waals surface area (Å²) >= 11 is 1.78. The topological polar surface area (TPSA) is 25.8 Å². The Morgan fingerprint density at radius 3 is 1.80 bits per heavy atom. The van der Waals surface area contributed by atoms with Crippen LogP contribution in [0.25, 0.3) is 76.0 Å². The fourth-order valence-electron chi connectivity index (χ4n) is 8.86. The van der Waals surface area contributed by atoms with E-state index in [1.807, 2.05) is 0 Å². The molecule has 0 unspecified atom stereocenters. The predicted molar refractivity (Wildman–Crippen MR) is 226 cm³/mol. The third kappa shape index (κ3) is 4.52. The average molecular weight is 705 g/mol. The van der Waals surface area contributed by atoms with E-state index in [0.717, 1.165) is 49.4 Å². The maximum Gasteiger partial charge on any atom is 0.161 e. The third-order valence-electron chi connectivity index (χ3n) is 11.2. The number of rotatable bonds is 5. The SMILES string of the molecule is c1ccc(-c2cc3c(cc2-c2nc(-c4cccc5ccccc45)c4sc5ccccc5c4n2)-c2ccccc2C3(c2ccccc2)c2ccccc2)cc1. The molecule has 0 aliphatic heterocycles. The summed E-state index contributed by atoms with van der Waals surface area (Å²) in [5.74, 6) is 0.727. The van der Waals surface area contributed by atoms with E-state index in [1.165, 1.54) is 48.9 Å². The van der Waals surface area contributed by atoms with E-state index in [9.17, 15) is 0 Å². The van der Waals surface area contributed by atoms with Crippen molar-refractivity contribution in [2.75, 3.05) is 0 Å². The summed E-state index contributed by atoms with van der Waals surface area (Å²) < 4.78 is 2.32. The molecule has 54 heavy (non-hydrogen) atoms. The Morgan fingerprint density at radius 2 is 1.02 bits per heavy atom. The summed E-state index contributed by atoms with van der Waals surface area (Å²) in [6.45, 7) is 0. The van der Waals surface area contributed by atoms with Crippen molar-refractivity contribution >= 4 is 42.4 Å². The van der Waals surface area contributed by atoms with Crippen LogP contribution in [-0.2, 0) is 5.41 Å². The van der Waals surface area contributed by atoms with Gasteiger partial charge >= 0.3 is 0 Å². The summed E-state index contributed by atoms with van der Waals surface area (Å²) in [6, 6.07) is 70.3. The highest BCUT2D eigenvalue weighted by Crippen LogP contribution is 2.58. The molecular weight excluding hydrogens is 673 g/mol. The van der Waals surface area contributed by atoms with Crippen molar-refractivity contribution in [3.05, 3.63) is 216 Å². The van der Waals surface area contributed by atoms with Gasteiger partial charge < -0.3 is 0 Å². The van der Waals surface area contributed by atoms with Gasteiger partial charge in [0.25, 0.3) is 0 Å². The fraction of sp³-hybridized carbons (Fsp3) is 0.0196. The van der Waals surface area contributed by atoms with Crippen LogP contribution in [-0.4, -0.2) is 9.97 Å². The Kier molecular flexibility index (Phi) is 6.98. The van der Waals surface area contributed by atoms with Crippen molar-refractivity contribution in [1.82, 2.24) is 9.97 Å². The average Bonchev–Trinajstić information content (AvgIpc) is 3.77. The van der Waals surface area contributed by atoms with Crippen LogP contribution in [0.1, 0.15) is 22.3 Å². The molecule has 0 saturated carbocycles. The second-order valence-corrected chi connectivity index (χ2v) is 15.1. The molecule has 10 aromatic rings. The van der Waals surface area contributed by atoms with E-state index in [2.05, 4.69) is 194 Å². The number of hydrogen-bond acceptors (Lipinski definition) is 3. The molecule has 0 amide bonds. The van der Waals surface area contributed by atoms with Crippen molar-refractivity contribution in [1.29, 1.82) is 0 Å². The summed E-state index contributed by atoms with van der Waals surface area (Å²) in [5, 5.41) is 3.54. The predicted octanol–water partition coefficient (Wildman–Crippen LogP) is 13.4. The van der Waals surface area contributed by atoms with Gasteiger partial charge in [-0.1, -0.05) is 176 Å². The highest BCUT2D eigenvalue weighted by molar-refractivity contribution is 7.26. The van der Waals surface area contributed by atoms with E-state index < -0.39 is 5.41 Å². The third-order valence-corrected chi connectivity index (χ3v) is 12.4. The number of hydrogen-bond donors (Lipinski definition) is 0. The van der Waals surface area contributed by atoms with Gasteiger partial charge in [-0.2, -0.15) is 0 Å². The zero-order valence-corrected chi connectivity index (χ0v) is 30.1. The molecule has 1 aliphatic rings. The van der Waals surface area contributed by atoms with Crippen LogP contribution >= 0.6 is 11.3 Å². The van der Waals surface area contributed by atoms with Crippen molar-refractivity contribution in [3.8, 4) is 44.9 Å². The van der Waals surface area contributed by atoms with Crippen LogP contribution in [0.15, 0.2) is 194 Å². The lowest BCUT2D eigenvalue weighted by Gasteiger charge is -2.34. The minimum Gasteiger partial charge on any atom is -0.226 e. The molecule has 0 radical (unpaired) electrons. The van der Waals surface area contributed by atoms with E-state index in [4.69, 9.17) is 9.97 Å². The first-order chi connectivity index (χ1) is 26.8. The van der Waals surface area contributed by atoms with Gasteiger partial charge in [-0.05, 0) is 73.5 Å². The van der Waals surface area contributed by atoms with E-state index >= 15 is 0 Å². The molecule has 0 saturated heterocycles. The lowest BCUT2D eigenvalue weighted by Crippen LogP contribution is -2.28. The van der Waals surface area contributed by atoms with Gasteiger partial charge in [-0.15, -0.1) is 11.3 Å². The van der Waals surface area contributed by atoms with Crippen LogP contribution in [0.3, 0.4) is 0 Å². The summed E-state index contributed by atoms with van der Waals surface area (Å²) in [6.07, 6.45) is 0. The molecule has 0 bridgehead atoms. The molecule has 2 nitrogen and oxygen atoms in total. The van der Waals surface area contributed by atoms with Gasteiger partial charge in [0.1, 0.15) is 0 Å². The Hall–Kier alpha value is -6.68. The van der Waals surface area contributed by atoms with Crippen LogP contribution in [0.2, 0.25) is 0 Å². The highest BCUT2D eigenvalue weighted by atomic mass is 32.1. The zero-order chi connectivity index (χ0) is 35.6. The first-order valence-corrected chi connectivity index (χ1v) is 19.2. The number of nitrogens with zero attached hydrogens (tertiary/aromatic N) is 2. The van der Waals surface area contributed by atoms with Gasteiger partial charge in [0, 0.05) is 21.2 Å². The van der Waals surface area contributed by atoms with Gasteiger partial charge in [0.2, 0.25) is 0 Å². The minimum absolute atomic E-state index is 0.515. The Labute approximate surface area is 317 Å². The maximum absolute atomic E-state index is 5.61. The molecular formula is C51H32N2S. The molecule has 1 aliphatic carbocycles. The maximum atomic E-state index is 5.61. The van der Waals surface area contributed by atoms with Crippen molar-refractivity contribution < 1.29 is 0 Å². The molecule has 3 heteroatoms. The molecule has 252 valence electrons. The summed E-state index contributed by atoms with van der Waals surface area (Å²) in [7, 11) is 0. The largest absolute Gasteiger partial charge is 0.226 e.